The zero-order valence-electron chi connectivity index (χ0n) is 17.3. The average Bonchev–Trinajstić information content (AvgIpc) is 2.73. The minimum Gasteiger partial charge on any atom is -0.298 e. The Balaban J connectivity index is 1.32. The van der Waals surface area contributed by atoms with Crippen molar-refractivity contribution in [3.8, 4) is 0 Å². The molecule has 2 atom stereocenters. The molecule has 1 aromatic carbocycles. The molecular weight excluding hydrogens is 367 g/mol. The number of hydrogen-bond donors (Lipinski definition) is 2. The summed E-state index contributed by atoms with van der Waals surface area (Å²) in [5.41, 5.74) is 3.87. The molecule has 4 fully saturated rings. The molecule has 0 spiro atoms. The predicted octanol–water partition coefficient (Wildman–Crippen LogP) is 4.69. The SMILES string of the molecule is O=C(NO)c1cc(F)c2c(c1)CCN(CC13CCC(CC1)C1CCCC(C1)C3)C2. The molecule has 2 N–H and O–H groups in total. The van der Waals surface area contributed by atoms with Crippen LogP contribution in [0.2, 0.25) is 0 Å². The van der Waals surface area contributed by atoms with Gasteiger partial charge < -0.3 is 0 Å². The average molecular weight is 401 g/mol. The van der Waals surface area contributed by atoms with Crippen molar-refractivity contribution in [2.75, 3.05) is 13.1 Å². The third kappa shape index (κ3) is 3.72. The Morgan fingerprint density at radius 1 is 1.21 bits per heavy atom. The molecule has 1 amide bonds. The first-order valence-electron chi connectivity index (χ1n) is 11.5. The maximum Gasteiger partial charge on any atom is 0.274 e. The Kier molecular flexibility index (Phi) is 5.15. The molecule has 0 radical (unpaired) electrons. The Morgan fingerprint density at radius 3 is 2.83 bits per heavy atom. The second-order valence-corrected chi connectivity index (χ2v) is 10.3. The predicted molar refractivity (Wildman–Crippen MR) is 109 cm³/mol. The van der Waals surface area contributed by atoms with E-state index in [4.69, 9.17) is 5.21 Å². The Hall–Kier alpha value is -1.46. The van der Waals surface area contributed by atoms with Gasteiger partial charge in [-0.1, -0.05) is 19.3 Å². The fraction of sp³-hybridized carbons (Fsp3) is 0.708. The van der Waals surface area contributed by atoms with Crippen LogP contribution < -0.4 is 5.48 Å². The maximum absolute atomic E-state index is 14.8. The van der Waals surface area contributed by atoms with E-state index in [2.05, 4.69) is 4.90 Å². The molecule has 2 unspecified atom stereocenters. The number of nitrogens with one attached hydrogen (secondary N) is 1. The highest BCUT2D eigenvalue weighted by Crippen LogP contribution is 2.54. The van der Waals surface area contributed by atoms with Gasteiger partial charge in [0.2, 0.25) is 0 Å². The summed E-state index contributed by atoms with van der Waals surface area (Å²) in [6.45, 7) is 2.66. The zero-order valence-corrected chi connectivity index (χ0v) is 17.3. The van der Waals surface area contributed by atoms with Crippen molar-refractivity contribution in [3.63, 3.8) is 0 Å². The lowest BCUT2D eigenvalue weighted by Gasteiger charge is -2.51. The molecule has 5 aliphatic rings. The van der Waals surface area contributed by atoms with Gasteiger partial charge in [-0.05, 0) is 85.8 Å². The summed E-state index contributed by atoms with van der Waals surface area (Å²) in [4.78, 5) is 14.1. The van der Waals surface area contributed by atoms with Crippen LogP contribution in [0.15, 0.2) is 12.1 Å². The number of nitrogens with zero attached hydrogens (tertiary/aromatic N) is 1. The Bertz CT molecular complexity index is 787. The summed E-state index contributed by atoms with van der Waals surface area (Å²) < 4.78 is 14.8. The van der Waals surface area contributed by atoms with Gasteiger partial charge >= 0.3 is 0 Å². The highest BCUT2D eigenvalue weighted by Gasteiger charge is 2.44. The number of carbonyl (C=O) groups is 1. The topological polar surface area (TPSA) is 52.6 Å². The molecule has 6 rings (SSSR count). The third-order valence-corrected chi connectivity index (χ3v) is 8.59. The molecule has 4 aliphatic carbocycles. The van der Waals surface area contributed by atoms with Crippen LogP contribution in [-0.2, 0) is 13.0 Å². The van der Waals surface area contributed by atoms with E-state index in [0.29, 0.717) is 12.0 Å². The molecule has 4 saturated carbocycles. The number of halogens is 1. The van der Waals surface area contributed by atoms with Crippen molar-refractivity contribution in [2.24, 2.45) is 23.2 Å². The number of hydrogen-bond acceptors (Lipinski definition) is 3. The van der Waals surface area contributed by atoms with Gasteiger partial charge in [-0.2, -0.15) is 0 Å². The van der Waals surface area contributed by atoms with Gasteiger partial charge in [0.15, 0.2) is 0 Å². The highest BCUT2D eigenvalue weighted by molar-refractivity contribution is 5.93. The molecule has 0 aromatic heterocycles. The summed E-state index contributed by atoms with van der Waals surface area (Å²) in [7, 11) is 0. The van der Waals surface area contributed by atoms with Crippen LogP contribution in [0.1, 0.15) is 79.3 Å². The van der Waals surface area contributed by atoms with Crippen LogP contribution in [-0.4, -0.2) is 29.1 Å². The molecular formula is C24H33FN2O2. The number of rotatable bonds is 3. The molecule has 158 valence electrons. The van der Waals surface area contributed by atoms with E-state index in [1.165, 1.54) is 63.9 Å². The van der Waals surface area contributed by atoms with E-state index < -0.39 is 5.91 Å². The molecule has 1 aliphatic heterocycles. The largest absolute Gasteiger partial charge is 0.298 e. The van der Waals surface area contributed by atoms with Gasteiger partial charge in [-0.15, -0.1) is 0 Å². The summed E-state index contributed by atoms with van der Waals surface area (Å²) in [6, 6.07) is 3.00. The number of carbonyl (C=O) groups excluding carboxylic acids is 1. The zero-order chi connectivity index (χ0) is 20.0. The molecule has 4 nitrogen and oxygen atoms in total. The van der Waals surface area contributed by atoms with E-state index in [1.54, 1.807) is 11.5 Å². The normalized spacial score (nSPS) is 34.2. The van der Waals surface area contributed by atoms with Crippen molar-refractivity contribution in [1.29, 1.82) is 0 Å². The number of hydroxylamine groups is 1. The second-order valence-electron chi connectivity index (χ2n) is 10.3. The lowest BCUT2D eigenvalue weighted by molar-refractivity contribution is -0.00501. The lowest BCUT2D eigenvalue weighted by Crippen LogP contribution is -2.46. The minimum absolute atomic E-state index is 0.195. The van der Waals surface area contributed by atoms with Gasteiger partial charge in [0, 0.05) is 30.8 Å². The van der Waals surface area contributed by atoms with Gasteiger partial charge in [0.1, 0.15) is 5.82 Å². The molecule has 4 bridgehead atoms. The van der Waals surface area contributed by atoms with E-state index in [0.717, 1.165) is 48.4 Å². The van der Waals surface area contributed by atoms with Crippen molar-refractivity contribution < 1.29 is 14.4 Å². The first-order valence-corrected chi connectivity index (χ1v) is 11.5. The molecule has 0 saturated heterocycles. The van der Waals surface area contributed by atoms with Crippen molar-refractivity contribution >= 4 is 5.91 Å². The van der Waals surface area contributed by atoms with Crippen LogP contribution in [0.4, 0.5) is 4.39 Å². The van der Waals surface area contributed by atoms with Crippen LogP contribution >= 0.6 is 0 Å². The van der Waals surface area contributed by atoms with Crippen molar-refractivity contribution in [1.82, 2.24) is 10.4 Å². The summed E-state index contributed by atoms with van der Waals surface area (Å²) in [5, 5.41) is 8.84. The fourth-order valence-corrected chi connectivity index (χ4v) is 7.19. The number of fused-ring (bicyclic) bond motifs is 3. The van der Waals surface area contributed by atoms with Crippen molar-refractivity contribution in [3.05, 3.63) is 34.6 Å². The summed E-state index contributed by atoms with van der Waals surface area (Å²) >= 11 is 0. The number of amides is 1. The molecule has 1 aromatic rings. The lowest BCUT2D eigenvalue weighted by atomic mass is 9.56. The molecule has 1 heterocycles. The summed E-state index contributed by atoms with van der Waals surface area (Å²) in [6.07, 6.45) is 13.4. The van der Waals surface area contributed by atoms with Gasteiger partial charge in [0.25, 0.3) is 5.91 Å². The van der Waals surface area contributed by atoms with Crippen molar-refractivity contribution in [2.45, 2.75) is 70.8 Å². The van der Waals surface area contributed by atoms with Gasteiger partial charge in [-0.3, -0.25) is 14.9 Å². The Morgan fingerprint density at radius 2 is 2.03 bits per heavy atom. The van der Waals surface area contributed by atoms with E-state index in [9.17, 15) is 9.18 Å². The molecule has 5 heteroatoms. The Labute approximate surface area is 172 Å². The van der Waals surface area contributed by atoms with Crippen LogP contribution in [0.5, 0.6) is 0 Å². The van der Waals surface area contributed by atoms with Gasteiger partial charge in [-0.25, -0.2) is 9.87 Å². The maximum atomic E-state index is 14.8. The van der Waals surface area contributed by atoms with E-state index in [-0.39, 0.29) is 11.4 Å². The quantitative estimate of drug-likeness (QED) is 0.572. The third-order valence-electron chi connectivity index (χ3n) is 8.59. The standard InChI is InChI=1S/C24H33FN2O2/c25-22-12-20(23(28)26-29)11-19-6-9-27(14-21(19)22)15-24-7-4-17(5-8-24)18-3-1-2-16(10-18)13-24/h11-12,16-18,29H,1-10,13-15H2,(H,26,28). The van der Waals surface area contributed by atoms with Crippen LogP contribution in [0.3, 0.4) is 0 Å². The van der Waals surface area contributed by atoms with E-state index in [1.807, 2.05) is 0 Å². The smallest absolute Gasteiger partial charge is 0.274 e. The van der Waals surface area contributed by atoms with Crippen LogP contribution in [0.25, 0.3) is 0 Å². The van der Waals surface area contributed by atoms with Crippen LogP contribution in [0, 0.1) is 29.0 Å². The summed E-state index contributed by atoms with van der Waals surface area (Å²) in [5.74, 6) is 1.89. The van der Waals surface area contributed by atoms with E-state index >= 15 is 0 Å². The second kappa shape index (κ2) is 7.66. The number of benzene rings is 1. The first kappa shape index (κ1) is 19.5. The monoisotopic (exact) mass is 400 g/mol. The minimum atomic E-state index is -0.648. The fourth-order valence-electron chi connectivity index (χ4n) is 7.19. The molecule has 29 heavy (non-hydrogen) atoms. The highest BCUT2D eigenvalue weighted by atomic mass is 19.1. The van der Waals surface area contributed by atoms with Gasteiger partial charge in [0.05, 0.1) is 0 Å². The first-order chi connectivity index (χ1) is 14.0.